The average molecular weight is 287 g/mol. The normalized spacial score (nSPS) is 24.6. The Labute approximate surface area is 110 Å². The summed E-state index contributed by atoms with van der Waals surface area (Å²) in [5, 5.41) is -0.201. The Morgan fingerprint density at radius 3 is 2.58 bits per heavy atom. The Balaban J connectivity index is 1.61. The quantitative estimate of drug-likeness (QED) is 0.809. The molecule has 1 aliphatic carbocycles. The monoisotopic (exact) mass is 287 g/mol. The number of hydrogen-bond acceptors (Lipinski definition) is 5. The van der Waals surface area contributed by atoms with E-state index in [9.17, 15) is 12.8 Å². The van der Waals surface area contributed by atoms with Gasteiger partial charge in [-0.05, 0) is 19.3 Å². The molecule has 1 atom stereocenters. The molecule has 8 heteroatoms. The third-order valence-corrected chi connectivity index (χ3v) is 5.65. The largest absolute Gasteiger partial charge is 0.459 e. The summed E-state index contributed by atoms with van der Waals surface area (Å²) in [5.41, 5.74) is 0. The molecule has 0 bridgehead atoms. The molecule has 2 aliphatic rings. The van der Waals surface area contributed by atoms with Gasteiger partial charge in [-0.3, -0.25) is 0 Å². The third kappa shape index (κ3) is 2.69. The molecule has 1 aliphatic heterocycles. The summed E-state index contributed by atoms with van der Waals surface area (Å²) in [6, 6.07) is 0.0806. The summed E-state index contributed by atoms with van der Waals surface area (Å²) in [7, 11) is -3.14. The molecule has 1 aromatic rings. The molecule has 2 heterocycles. The number of hydrogen-bond donors (Lipinski definition) is 0. The van der Waals surface area contributed by atoms with Gasteiger partial charge in [-0.2, -0.15) is 4.31 Å². The highest BCUT2D eigenvalue weighted by Gasteiger charge is 2.43. The zero-order valence-corrected chi connectivity index (χ0v) is 11.0. The van der Waals surface area contributed by atoms with Crippen molar-refractivity contribution in [3.8, 4) is 6.01 Å². The van der Waals surface area contributed by atoms with Crippen LogP contribution in [-0.4, -0.2) is 47.1 Å². The Morgan fingerprint density at radius 1 is 1.26 bits per heavy atom. The van der Waals surface area contributed by atoms with Crippen LogP contribution in [0.2, 0.25) is 0 Å². The first-order valence-corrected chi connectivity index (χ1v) is 7.69. The zero-order valence-electron chi connectivity index (χ0n) is 10.2. The predicted octanol–water partition coefficient (Wildman–Crippen LogP) is 0.561. The maximum Gasteiger partial charge on any atom is 0.316 e. The van der Waals surface area contributed by atoms with Gasteiger partial charge in [-0.25, -0.2) is 22.8 Å². The van der Waals surface area contributed by atoms with Crippen molar-refractivity contribution >= 4 is 10.0 Å². The van der Waals surface area contributed by atoms with E-state index in [2.05, 4.69) is 9.97 Å². The minimum atomic E-state index is -3.14. The van der Waals surface area contributed by atoms with E-state index in [1.54, 1.807) is 0 Å². The Kier molecular flexibility index (Phi) is 3.14. The van der Waals surface area contributed by atoms with Gasteiger partial charge in [-0.15, -0.1) is 0 Å². The summed E-state index contributed by atoms with van der Waals surface area (Å²) < 4.78 is 43.6. The SMILES string of the molecule is O=S(=O)(C1CC1)N1CC[C@H](Oc2ncc(F)cn2)C1. The van der Waals surface area contributed by atoms with Gasteiger partial charge in [0.2, 0.25) is 10.0 Å². The standard InChI is InChI=1S/C11H14FN3O3S/c12-8-5-13-11(14-6-8)18-9-3-4-15(7-9)19(16,17)10-1-2-10/h5-6,9-10H,1-4,7H2/t9-/m0/s1. The van der Waals surface area contributed by atoms with E-state index in [4.69, 9.17) is 4.74 Å². The van der Waals surface area contributed by atoms with Crippen LogP contribution in [-0.2, 0) is 10.0 Å². The van der Waals surface area contributed by atoms with E-state index in [0.717, 1.165) is 25.2 Å². The lowest BCUT2D eigenvalue weighted by Gasteiger charge is -2.16. The fraction of sp³-hybridized carbons (Fsp3) is 0.636. The van der Waals surface area contributed by atoms with E-state index in [0.29, 0.717) is 19.5 Å². The van der Waals surface area contributed by atoms with Crippen molar-refractivity contribution in [3.05, 3.63) is 18.2 Å². The molecule has 1 saturated carbocycles. The second kappa shape index (κ2) is 4.68. The number of sulfonamides is 1. The van der Waals surface area contributed by atoms with Crippen molar-refractivity contribution in [3.63, 3.8) is 0 Å². The van der Waals surface area contributed by atoms with Gasteiger partial charge < -0.3 is 4.74 Å². The Bertz CT molecular complexity index is 559. The van der Waals surface area contributed by atoms with Crippen LogP contribution in [0.25, 0.3) is 0 Å². The lowest BCUT2D eigenvalue weighted by atomic mass is 10.3. The molecule has 6 nitrogen and oxygen atoms in total. The molecule has 19 heavy (non-hydrogen) atoms. The summed E-state index contributed by atoms with van der Waals surface area (Å²) in [4.78, 5) is 7.40. The number of rotatable bonds is 4. The fourth-order valence-corrected chi connectivity index (χ4v) is 4.00. The summed E-state index contributed by atoms with van der Waals surface area (Å²) >= 11 is 0. The lowest BCUT2D eigenvalue weighted by molar-refractivity contribution is 0.197. The van der Waals surface area contributed by atoms with E-state index in [1.807, 2.05) is 0 Å². The van der Waals surface area contributed by atoms with Gasteiger partial charge in [0, 0.05) is 6.54 Å². The fourth-order valence-electron chi connectivity index (χ4n) is 2.11. The van der Waals surface area contributed by atoms with Gasteiger partial charge in [0.1, 0.15) is 6.10 Å². The van der Waals surface area contributed by atoms with Gasteiger partial charge >= 0.3 is 6.01 Å². The molecule has 0 amide bonds. The molecule has 0 N–H and O–H groups in total. The van der Waals surface area contributed by atoms with Gasteiger partial charge in [-0.1, -0.05) is 0 Å². The predicted molar refractivity (Wildman–Crippen MR) is 64.5 cm³/mol. The van der Waals surface area contributed by atoms with Crippen molar-refractivity contribution in [2.75, 3.05) is 13.1 Å². The summed E-state index contributed by atoms with van der Waals surface area (Å²) in [6.07, 6.45) is 3.90. The molecule has 0 unspecified atom stereocenters. The van der Waals surface area contributed by atoms with Gasteiger partial charge in [0.15, 0.2) is 5.82 Å². The zero-order chi connectivity index (χ0) is 13.5. The molecule has 2 fully saturated rings. The lowest BCUT2D eigenvalue weighted by Crippen LogP contribution is -2.33. The van der Waals surface area contributed by atoms with Crippen molar-refractivity contribution in [2.45, 2.75) is 30.6 Å². The molecule has 0 aromatic carbocycles. The first kappa shape index (κ1) is 12.7. The average Bonchev–Trinajstić information content (AvgIpc) is 3.14. The van der Waals surface area contributed by atoms with Gasteiger partial charge in [0.05, 0.1) is 24.2 Å². The van der Waals surface area contributed by atoms with E-state index >= 15 is 0 Å². The van der Waals surface area contributed by atoms with Crippen LogP contribution in [0.5, 0.6) is 6.01 Å². The molecular weight excluding hydrogens is 273 g/mol. The van der Waals surface area contributed by atoms with Crippen LogP contribution in [0.4, 0.5) is 4.39 Å². The topological polar surface area (TPSA) is 72.4 Å². The molecule has 1 aromatic heterocycles. The number of halogens is 1. The second-order valence-electron chi connectivity index (χ2n) is 4.81. The minimum Gasteiger partial charge on any atom is -0.459 e. The molecule has 104 valence electrons. The number of ether oxygens (including phenoxy) is 1. The van der Waals surface area contributed by atoms with Crippen LogP contribution < -0.4 is 4.74 Å². The molecule has 0 radical (unpaired) electrons. The third-order valence-electron chi connectivity index (χ3n) is 3.28. The molecule has 0 spiro atoms. The molecular formula is C11H14FN3O3S. The molecule has 1 saturated heterocycles. The van der Waals surface area contributed by atoms with Crippen LogP contribution in [0.15, 0.2) is 12.4 Å². The van der Waals surface area contributed by atoms with Crippen molar-refractivity contribution in [1.29, 1.82) is 0 Å². The maximum atomic E-state index is 12.6. The van der Waals surface area contributed by atoms with Crippen LogP contribution in [0, 0.1) is 5.82 Å². The highest BCUT2D eigenvalue weighted by molar-refractivity contribution is 7.90. The van der Waals surface area contributed by atoms with E-state index < -0.39 is 15.8 Å². The van der Waals surface area contributed by atoms with Crippen molar-refractivity contribution in [2.24, 2.45) is 0 Å². The highest BCUT2D eigenvalue weighted by Crippen LogP contribution is 2.33. The highest BCUT2D eigenvalue weighted by atomic mass is 32.2. The summed E-state index contributed by atoms with van der Waals surface area (Å²) in [5.74, 6) is -0.531. The minimum absolute atomic E-state index is 0.0806. The Hall–Kier alpha value is -1.28. The second-order valence-corrected chi connectivity index (χ2v) is 7.03. The van der Waals surface area contributed by atoms with Gasteiger partial charge in [0.25, 0.3) is 0 Å². The van der Waals surface area contributed by atoms with Crippen molar-refractivity contribution in [1.82, 2.24) is 14.3 Å². The first-order valence-electron chi connectivity index (χ1n) is 6.19. The van der Waals surface area contributed by atoms with Crippen molar-refractivity contribution < 1.29 is 17.5 Å². The molecule has 3 rings (SSSR count). The smallest absolute Gasteiger partial charge is 0.316 e. The Morgan fingerprint density at radius 2 is 1.95 bits per heavy atom. The van der Waals surface area contributed by atoms with Crippen LogP contribution in [0.3, 0.4) is 0 Å². The first-order chi connectivity index (χ1) is 9.05. The van der Waals surface area contributed by atoms with Crippen LogP contribution in [0.1, 0.15) is 19.3 Å². The number of nitrogens with zero attached hydrogens (tertiary/aromatic N) is 3. The maximum absolute atomic E-state index is 12.6. The van der Waals surface area contributed by atoms with E-state index in [-0.39, 0.29) is 17.4 Å². The van der Waals surface area contributed by atoms with E-state index in [1.165, 1.54) is 4.31 Å². The van der Waals surface area contributed by atoms with Crippen LogP contribution >= 0.6 is 0 Å². The summed E-state index contributed by atoms with van der Waals surface area (Å²) in [6.45, 7) is 0.782. The number of aromatic nitrogens is 2.